The van der Waals surface area contributed by atoms with Crippen molar-refractivity contribution in [3.05, 3.63) is 47.8 Å². The van der Waals surface area contributed by atoms with Crippen LogP contribution < -0.4 is 15.1 Å². The van der Waals surface area contributed by atoms with E-state index in [-0.39, 0.29) is 0 Å². The SMILES string of the molecule is COCCN(C)c1ccc(CNCc2cccnc2N2CCOCC2)cn1. The van der Waals surface area contributed by atoms with E-state index in [0.717, 1.165) is 63.1 Å². The number of morpholine rings is 1. The third-order valence-corrected chi connectivity index (χ3v) is 4.65. The average molecular weight is 371 g/mol. The molecular weight excluding hydrogens is 342 g/mol. The standard InChI is InChI=1S/C20H29N5O2/c1-24(8-11-26-2)19-6-5-17(15-23-19)14-21-16-18-4-3-7-22-20(18)25-9-12-27-13-10-25/h3-7,15,21H,8-14,16H2,1-2H3. The molecule has 0 unspecified atom stereocenters. The Morgan fingerprint density at radius 2 is 2.04 bits per heavy atom. The Kier molecular flexibility index (Phi) is 7.38. The number of nitrogens with zero attached hydrogens (tertiary/aromatic N) is 4. The molecule has 7 heteroatoms. The largest absolute Gasteiger partial charge is 0.383 e. The van der Waals surface area contributed by atoms with Gasteiger partial charge in [-0.25, -0.2) is 9.97 Å². The van der Waals surface area contributed by atoms with Crippen LogP contribution in [0.25, 0.3) is 0 Å². The highest BCUT2D eigenvalue weighted by molar-refractivity contribution is 5.47. The molecule has 1 fully saturated rings. The smallest absolute Gasteiger partial charge is 0.133 e. The van der Waals surface area contributed by atoms with Crippen LogP contribution in [0.1, 0.15) is 11.1 Å². The Hall–Kier alpha value is -2.22. The van der Waals surface area contributed by atoms with Gasteiger partial charge in [-0.3, -0.25) is 0 Å². The first-order valence-electron chi connectivity index (χ1n) is 9.40. The third-order valence-electron chi connectivity index (χ3n) is 4.65. The lowest BCUT2D eigenvalue weighted by Crippen LogP contribution is -2.37. The molecule has 2 aromatic rings. The monoisotopic (exact) mass is 371 g/mol. The van der Waals surface area contributed by atoms with Gasteiger partial charge in [0.2, 0.25) is 0 Å². The first-order chi connectivity index (χ1) is 13.3. The van der Waals surface area contributed by atoms with Gasteiger partial charge in [-0.15, -0.1) is 0 Å². The fourth-order valence-electron chi connectivity index (χ4n) is 3.06. The van der Waals surface area contributed by atoms with E-state index in [2.05, 4.69) is 43.3 Å². The quantitative estimate of drug-likeness (QED) is 0.720. The van der Waals surface area contributed by atoms with Crippen LogP contribution in [0.4, 0.5) is 11.6 Å². The van der Waals surface area contributed by atoms with Crippen molar-refractivity contribution in [1.29, 1.82) is 0 Å². The summed E-state index contributed by atoms with van der Waals surface area (Å²) in [6.45, 7) is 6.38. The van der Waals surface area contributed by atoms with E-state index in [1.165, 1.54) is 5.56 Å². The summed E-state index contributed by atoms with van der Waals surface area (Å²) in [6.07, 6.45) is 3.79. The van der Waals surface area contributed by atoms with Gasteiger partial charge in [0.1, 0.15) is 11.6 Å². The molecule has 0 amide bonds. The summed E-state index contributed by atoms with van der Waals surface area (Å²) < 4.78 is 10.6. The number of hydrogen-bond acceptors (Lipinski definition) is 7. The molecule has 0 radical (unpaired) electrons. The van der Waals surface area contributed by atoms with Crippen LogP contribution in [-0.4, -0.2) is 63.6 Å². The summed E-state index contributed by atoms with van der Waals surface area (Å²) in [5.74, 6) is 2.01. The molecule has 7 nitrogen and oxygen atoms in total. The van der Waals surface area contributed by atoms with E-state index < -0.39 is 0 Å². The number of methoxy groups -OCH3 is 1. The third kappa shape index (κ3) is 5.63. The number of rotatable bonds is 9. The molecule has 0 spiro atoms. The van der Waals surface area contributed by atoms with Gasteiger partial charge in [0.15, 0.2) is 0 Å². The molecule has 0 saturated carbocycles. The van der Waals surface area contributed by atoms with E-state index >= 15 is 0 Å². The van der Waals surface area contributed by atoms with Crippen LogP contribution in [-0.2, 0) is 22.6 Å². The Morgan fingerprint density at radius 1 is 1.19 bits per heavy atom. The van der Waals surface area contributed by atoms with Gasteiger partial charge in [0.25, 0.3) is 0 Å². The number of nitrogens with one attached hydrogen (secondary N) is 1. The van der Waals surface area contributed by atoms with Crippen molar-refractivity contribution in [1.82, 2.24) is 15.3 Å². The average Bonchev–Trinajstić information content (AvgIpc) is 2.73. The summed E-state index contributed by atoms with van der Waals surface area (Å²) in [4.78, 5) is 13.5. The lowest BCUT2D eigenvalue weighted by Gasteiger charge is -2.29. The molecule has 1 aliphatic heterocycles. The number of anilines is 2. The van der Waals surface area contributed by atoms with E-state index in [0.29, 0.717) is 6.61 Å². The van der Waals surface area contributed by atoms with Crippen LogP contribution in [0.15, 0.2) is 36.7 Å². The second kappa shape index (κ2) is 10.2. The van der Waals surface area contributed by atoms with Crippen LogP contribution in [0, 0.1) is 0 Å². The number of pyridine rings is 2. The maximum absolute atomic E-state index is 5.45. The topological polar surface area (TPSA) is 62.8 Å². The number of ether oxygens (including phenoxy) is 2. The van der Waals surface area contributed by atoms with Gasteiger partial charge >= 0.3 is 0 Å². The van der Waals surface area contributed by atoms with Crippen molar-refractivity contribution in [2.75, 3.05) is 63.4 Å². The zero-order chi connectivity index (χ0) is 18.9. The highest BCUT2D eigenvalue weighted by Crippen LogP contribution is 2.18. The maximum Gasteiger partial charge on any atom is 0.133 e. The minimum Gasteiger partial charge on any atom is -0.383 e. The predicted octanol–water partition coefficient (Wildman–Crippen LogP) is 1.69. The Labute approximate surface area is 161 Å². The lowest BCUT2D eigenvalue weighted by atomic mass is 10.2. The van der Waals surface area contributed by atoms with Crippen molar-refractivity contribution in [3.63, 3.8) is 0 Å². The van der Waals surface area contributed by atoms with E-state index in [9.17, 15) is 0 Å². The maximum atomic E-state index is 5.45. The van der Waals surface area contributed by atoms with Crippen molar-refractivity contribution >= 4 is 11.6 Å². The summed E-state index contributed by atoms with van der Waals surface area (Å²) in [6, 6.07) is 8.30. The van der Waals surface area contributed by atoms with Crippen LogP contribution in [0.5, 0.6) is 0 Å². The molecule has 0 bridgehead atoms. The minimum absolute atomic E-state index is 0.693. The van der Waals surface area contributed by atoms with Crippen molar-refractivity contribution in [2.24, 2.45) is 0 Å². The fraction of sp³-hybridized carbons (Fsp3) is 0.500. The lowest BCUT2D eigenvalue weighted by molar-refractivity contribution is 0.122. The zero-order valence-corrected chi connectivity index (χ0v) is 16.2. The first kappa shape index (κ1) is 19.5. The molecule has 1 N–H and O–H groups in total. The normalized spacial score (nSPS) is 14.4. The van der Waals surface area contributed by atoms with Crippen LogP contribution in [0.3, 0.4) is 0 Å². The molecule has 0 aromatic carbocycles. The van der Waals surface area contributed by atoms with Crippen molar-refractivity contribution in [3.8, 4) is 0 Å². The minimum atomic E-state index is 0.693. The molecule has 1 aliphatic rings. The highest BCUT2D eigenvalue weighted by atomic mass is 16.5. The Bertz CT molecular complexity index is 689. The second-order valence-electron chi connectivity index (χ2n) is 6.63. The van der Waals surface area contributed by atoms with Crippen molar-refractivity contribution < 1.29 is 9.47 Å². The van der Waals surface area contributed by atoms with E-state index in [4.69, 9.17) is 9.47 Å². The van der Waals surface area contributed by atoms with Gasteiger partial charge in [0, 0.05) is 64.8 Å². The summed E-state index contributed by atoms with van der Waals surface area (Å²) >= 11 is 0. The van der Waals surface area contributed by atoms with Crippen LogP contribution in [0.2, 0.25) is 0 Å². The Balaban J connectivity index is 1.52. The molecule has 0 aliphatic carbocycles. The summed E-state index contributed by atoms with van der Waals surface area (Å²) in [7, 11) is 3.73. The zero-order valence-electron chi connectivity index (χ0n) is 16.2. The van der Waals surface area contributed by atoms with Gasteiger partial charge in [-0.2, -0.15) is 0 Å². The number of likely N-dealkylation sites (N-methyl/N-ethyl adjacent to an activating group) is 1. The molecule has 3 heterocycles. The molecule has 2 aromatic heterocycles. The molecular formula is C20H29N5O2. The fourth-order valence-corrected chi connectivity index (χ4v) is 3.06. The number of hydrogen-bond donors (Lipinski definition) is 1. The molecule has 27 heavy (non-hydrogen) atoms. The van der Waals surface area contributed by atoms with Gasteiger partial charge in [0.05, 0.1) is 19.8 Å². The second-order valence-corrected chi connectivity index (χ2v) is 6.63. The molecule has 1 saturated heterocycles. The van der Waals surface area contributed by atoms with Gasteiger partial charge in [-0.05, 0) is 17.7 Å². The number of aromatic nitrogens is 2. The Morgan fingerprint density at radius 3 is 2.78 bits per heavy atom. The first-order valence-corrected chi connectivity index (χ1v) is 9.40. The van der Waals surface area contributed by atoms with E-state index in [1.807, 2.05) is 25.5 Å². The summed E-state index contributed by atoms with van der Waals surface area (Å²) in [5, 5.41) is 3.51. The highest BCUT2D eigenvalue weighted by Gasteiger charge is 2.15. The van der Waals surface area contributed by atoms with Gasteiger partial charge in [-0.1, -0.05) is 12.1 Å². The van der Waals surface area contributed by atoms with Gasteiger partial charge < -0.3 is 24.6 Å². The van der Waals surface area contributed by atoms with E-state index in [1.54, 1.807) is 7.11 Å². The molecule has 3 rings (SSSR count). The van der Waals surface area contributed by atoms with Crippen molar-refractivity contribution in [2.45, 2.75) is 13.1 Å². The summed E-state index contributed by atoms with van der Waals surface area (Å²) in [5.41, 5.74) is 2.37. The molecule has 0 atom stereocenters. The van der Waals surface area contributed by atoms with Crippen LogP contribution >= 0.6 is 0 Å². The predicted molar refractivity (Wildman–Crippen MR) is 107 cm³/mol. The molecule has 146 valence electrons.